The fourth-order valence-corrected chi connectivity index (χ4v) is 1.47. The quantitative estimate of drug-likeness (QED) is 0.555. The minimum atomic E-state index is 0.205. The summed E-state index contributed by atoms with van der Waals surface area (Å²) >= 11 is 0. The number of fused-ring (bicyclic) bond motifs is 1. The van der Waals surface area contributed by atoms with Crippen molar-refractivity contribution in [3.63, 3.8) is 0 Å². The Morgan fingerprint density at radius 3 is 3.27 bits per heavy atom. The van der Waals surface area contributed by atoms with E-state index < -0.39 is 0 Å². The second kappa shape index (κ2) is 2.24. The summed E-state index contributed by atoms with van der Waals surface area (Å²) in [5.41, 5.74) is 8.30. The lowest BCUT2D eigenvalue weighted by atomic mass is 10.2. The number of rotatable bonds is 0. The predicted octanol–water partition coefficient (Wildman–Crippen LogP) is 0.987. The number of hydrogen-bond acceptors (Lipinski definition) is 2. The molecule has 2 aliphatic rings. The molecule has 11 heavy (non-hydrogen) atoms. The Balaban J connectivity index is 2.31. The molecule has 0 aliphatic carbocycles. The molecule has 1 unspecified atom stereocenters. The van der Waals surface area contributed by atoms with Crippen molar-refractivity contribution in [3.8, 4) is 0 Å². The Bertz CT molecular complexity index is 261. The van der Waals surface area contributed by atoms with E-state index in [2.05, 4.69) is 36.3 Å². The summed E-state index contributed by atoms with van der Waals surface area (Å²) in [7, 11) is 0. The van der Waals surface area contributed by atoms with Gasteiger partial charge in [0, 0.05) is 24.5 Å². The normalized spacial score (nSPS) is 28.2. The van der Waals surface area contributed by atoms with E-state index in [0.29, 0.717) is 0 Å². The third kappa shape index (κ3) is 1.10. The third-order valence-electron chi connectivity index (χ3n) is 2.02. The SMILES string of the molecule is CC1=CC2=CC(N)CN2C=C1. The van der Waals surface area contributed by atoms with Crippen LogP contribution in [0.2, 0.25) is 0 Å². The van der Waals surface area contributed by atoms with Crippen molar-refractivity contribution in [1.82, 2.24) is 4.90 Å². The highest BCUT2D eigenvalue weighted by Crippen LogP contribution is 2.21. The van der Waals surface area contributed by atoms with Gasteiger partial charge < -0.3 is 10.6 Å². The van der Waals surface area contributed by atoms with Gasteiger partial charge in [-0.15, -0.1) is 0 Å². The summed E-state index contributed by atoms with van der Waals surface area (Å²) in [4.78, 5) is 2.18. The van der Waals surface area contributed by atoms with E-state index in [1.54, 1.807) is 0 Å². The molecule has 0 amide bonds. The Hall–Kier alpha value is -1.02. The lowest BCUT2D eigenvalue weighted by Gasteiger charge is -2.19. The van der Waals surface area contributed by atoms with Crippen LogP contribution in [0.1, 0.15) is 6.92 Å². The van der Waals surface area contributed by atoms with Crippen LogP contribution < -0.4 is 5.73 Å². The molecular weight excluding hydrogens is 136 g/mol. The molecule has 2 N–H and O–H groups in total. The minimum absolute atomic E-state index is 0.205. The molecule has 2 heteroatoms. The van der Waals surface area contributed by atoms with Crippen LogP contribution in [0.5, 0.6) is 0 Å². The molecule has 2 aliphatic heterocycles. The summed E-state index contributed by atoms with van der Waals surface area (Å²) in [6.07, 6.45) is 8.46. The fraction of sp³-hybridized carbons (Fsp3) is 0.333. The molecule has 0 aromatic rings. The average molecular weight is 148 g/mol. The lowest BCUT2D eigenvalue weighted by molar-refractivity contribution is 0.496. The molecule has 2 nitrogen and oxygen atoms in total. The Kier molecular flexibility index (Phi) is 1.36. The van der Waals surface area contributed by atoms with E-state index in [0.717, 1.165) is 6.54 Å². The van der Waals surface area contributed by atoms with Crippen LogP contribution in [0.4, 0.5) is 0 Å². The van der Waals surface area contributed by atoms with E-state index in [4.69, 9.17) is 5.73 Å². The van der Waals surface area contributed by atoms with E-state index >= 15 is 0 Å². The number of hydrogen-bond donors (Lipinski definition) is 1. The maximum atomic E-state index is 5.76. The summed E-state index contributed by atoms with van der Waals surface area (Å²) in [6, 6.07) is 0.205. The molecule has 0 spiro atoms. The second-order valence-corrected chi connectivity index (χ2v) is 3.11. The average Bonchev–Trinajstić information content (AvgIpc) is 2.27. The zero-order valence-electron chi connectivity index (χ0n) is 6.62. The zero-order valence-corrected chi connectivity index (χ0v) is 6.62. The lowest BCUT2D eigenvalue weighted by Crippen LogP contribution is -2.25. The first-order chi connectivity index (χ1) is 5.25. The highest BCUT2D eigenvalue weighted by Gasteiger charge is 2.18. The molecule has 0 radical (unpaired) electrons. The van der Waals surface area contributed by atoms with Gasteiger partial charge >= 0.3 is 0 Å². The Morgan fingerprint density at radius 2 is 2.45 bits per heavy atom. The molecule has 0 aromatic heterocycles. The first-order valence-corrected chi connectivity index (χ1v) is 3.86. The van der Waals surface area contributed by atoms with Crippen molar-refractivity contribution in [2.45, 2.75) is 13.0 Å². The van der Waals surface area contributed by atoms with Gasteiger partial charge in [0.2, 0.25) is 0 Å². The smallest absolute Gasteiger partial charge is 0.0429 e. The number of allylic oxidation sites excluding steroid dienone is 3. The summed E-state index contributed by atoms with van der Waals surface area (Å²) < 4.78 is 0. The number of nitrogens with two attached hydrogens (primary N) is 1. The molecule has 58 valence electrons. The van der Waals surface area contributed by atoms with Crippen LogP contribution >= 0.6 is 0 Å². The van der Waals surface area contributed by atoms with Crippen LogP contribution in [0.25, 0.3) is 0 Å². The maximum Gasteiger partial charge on any atom is 0.0429 e. The molecular formula is C9H12N2. The van der Waals surface area contributed by atoms with Crippen molar-refractivity contribution < 1.29 is 0 Å². The Labute approximate surface area is 66.7 Å². The minimum Gasteiger partial charge on any atom is -0.346 e. The van der Waals surface area contributed by atoms with Crippen LogP contribution in [-0.2, 0) is 0 Å². The van der Waals surface area contributed by atoms with Crippen molar-refractivity contribution in [3.05, 3.63) is 35.7 Å². The van der Waals surface area contributed by atoms with Gasteiger partial charge in [-0.1, -0.05) is 0 Å². The largest absolute Gasteiger partial charge is 0.346 e. The molecule has 0 saturated heterocycles. The Morgan fingerprint density at radius 1 is 1.64 bits per heavy atom. The van der Waals surface area contributed by atoms with Gasteiger partial charge in [0.1, 0.15) is 0 Å². The second-order valence-electron chi connectivity index (χ2n) is 3.11. The molecule has 0 bridgehead atoms. The molecule has 0 aromatic carbocycles. The van der Waals surface area contributed by atoms with Gasteiger partial charge in [-0.2, -0.15) is 0 Å². The molecule has 2 heterocycles. The molecule has 0 fully saturated rings. The van der Waals surface area contributed by atoms with E-state index in [1.807, 2.05) is 0 Å². The number of nitrogens with zero attached hydrogens (tertiary/aromatic N) is 1. The first kappa shape index (κ1) is 6.68. The zero-order chi connectivity index (χ0) is 7.84. The van der Waals surface area contributed by atoms with Gasteiger partial charge in [-0.3, -0.25) is 0 Å². The van der Waals surface area contributed by atoms with Crippen LogP contribution in [0, 0.1) is 0 Å². The van der Waals surface area contributed by atoms with Gasteiger partial charge in [0.05, 0.1) is 0 Å². The first-order valence-electron chi connectivity index (χ1n) is 3.86. The highest BCUT2D eigenvalue weighted by atomic mass is 15.2. The van der Waals surface area contributed by atoms with E-state index in [1.165, 1.54) is 11.3 Å². The molecule has 1 atom stereocenters. The topological polar surface area (TPSA) is 29.3 Å². The van der Waals surface area contributed by atoms with Crippen molar-refractivity contribution in [2.75, 3.05) is 6.54 Å². The van der Waals surface area contributed by atoms with E-state index in [-0.39, 0.29) is 6.04 Å². The summed E-state index contributed by atoms with van der Waals surface area (Å²) in [5.74, 6) is 0. The monoisotopic (exact) mass is 148 g/mol. The van der Waals surface area contributed by atoms with Crippen LogP contribution in [-0.4, -0.2) is 17.5 Å². The van der Waals surface area contributed by atoms with Crippen molar-refractivity contribution in [2.24, 2.45) is 5.73 Å². The summed E-state index contributed by atoms with van der Waals surface area (Å²) in [6.45, 7) is 3.02. The van der Waals surface area contributed by atoms with Crippen LogP contribution in [0.3, 0.4) is 0 Å². The predicted molar refractivity (Wildman–Crippen MR) is 45.7 cm³/mol. The fourth-order valence-electron chi connectivity index (χ4n) is 1.47. The standard InChI is InChI=1S/C9H12N2/c1-7-2-3-11-6-8(10)5-9(11)4-7/h2-5,8H,6,10H2,1H3. The van der Waals surface area contributed by atoms with E-state index in [9.17, 15) is 0 Å². The van der Waals surface area contributed by atoms with Gasteiger partial charge in [0.25, 0.3) is 0 Å². The maximum absolute atomic E-state index is 5.76. The van der Waals surface area contributed by atoms with Gasteiger partial charge in [-0.25, -0.2) is 0 Å². The summed E-state index contributed by atoms with van der Waals surface area (Å²) in [5, 5.41) is 0. The third-order valence-corrected chi connectivity index (χ3v) is 2.02. The van der Waals surface area contributed by atoms with Crippen LogP contribution in [0.15, 0.2) is 35.7 Å². The highest BCUT2D eigenvalue weighted by molar-refractivity contribution is 5.37. The van der Waals surface area contributed by atoms with Crippen molar-refractivity contribution in [1.29, 1.82) is 0 Å². The molecule has 2 rings (SSSR count). The van der Waals surface area contributed by atoms with Gasteiger partial charge in [-0.05, 0) is 30.7 Å². The molecule has 0 saturated carbocycles. The van der Waals surface area contributed by atoms with Crippen molar-refractivity contribution >= 4 is 0 Å². The van der Waals surface area contributed by atoms with Gasteiger partial charge in [0.15, 0.2) is 0 Å².